The molecule has 2 rings (SSSR count). The fraction of sp³-hybridized carbons (Fsp3) is 0.200. The Labute approximate surface area is 123 Å². The van der Waals surface area contributed by atoms with Crippen molar-refractivity contribution in [3.8, 4) is 0 Å². The molecule has 0 saturated heterocycles. The maximum absolute atomic E-state index is 12.3. The molecule has 0 aliphatic heterocycles. The van der Waals surface area contributed by atoms with E-state index in [4.69, 9.17) is 11.6 Å². The van der Waals surface area contributed by atoms with E-state index < -0.39 is 0 Å². The van der Waals surface area contributed by atoms with Gasteiger partial charge in [0.15, 0.2) is 0 Å². The van der Waals surface area contributed by atoms with Crippen molar-refractivity contribution < 1.29 is 4.79 Å². The zero-order chi connectivity index (χ0) is 14.5. The lowest BCUT2D eigenvalue weighted by molar-refractivity contribution is 0.102. The summed E-state index contributed by atoms with van der Waals surface area (Å²) in [6.45, 7) is 4.60. The molecule has 1 aromatic carbocycles. The summed E-state index contributed by atoms with van der Waals surface area (Å²) in [6.07, 6.45) is 1.63. The van der Waals surface area contributed by atoms with Crippen LogP contribution in [0.25, 0.3) is 0 Å². The van der Waals surface area contributed by atoms with Crippen molar-refractivity contribution in [3.05, 3.63) is 52.8 Å². The van der Waals surface area contributed by atoms with E-state index in [0.717, 1.165) is 17.9 Å². The fourth-order valence-corrected chi connectivity index (χ4v) is 1.96. The Morgan fingerprint density at radius 3 is 2.75 bits per heavy atom. The highest BCUT2D eigenvalue weighted by Crippen LogP contribution is 2.22. The minimum absolute atomic E-state index is 0.214. The van der Waals surface area contributed by atoms with E-state index in [1.807, 2.05) is 26.0 Å². The number of amides is 1. The first-order chi connectivity index (χ1) is 9.60. The van der Waals surface area contributed by atoms with E-state index in [1.54, 1.807) is 24.4 Å². The van der Waals surface area contributed by atoms with Gasteiger partial charge in [-0.15, -0.1) is 0 Å². The van der Waals surface area contributed by atoms with Crippen LogP contribution in [-0.2, 0) is 0 Å². The van der Waals surface area contributed by atoms with Crippen molar-refractivity contribution in [1.82, 2.24) is 4.98 Å². The average molecular weight is 290 g/mol. The van der Waals surface area contributed by atoms with Gasteiger partial charge in [-0.3, -0.25) is 9.78 Å². The molecule has 0 atom stereocenters. The number of halogens is 1. The van der Waals surface area contributed by atoms with Crippen LogP contribution < -0.4 is 10.6 Å². The molecule has 104 valence electrons. The smallest absolute Gasteiger partial charge is 0.257 e. The number of hydrogen-bond donors (Lipinski definition) is 2. The summed E-state index contributed by atoms with van der Waals surface area (Å²) in [5.74, 6) is -0.214. The number of benzene rings is 1. The summed E-state index contributed by atoms with van der Waals surface area (Å²) in [6, 6.07) is 8.87. The van der Waals surface area contributed by atoms with Crippen molar-refractivity contribution in [2.45, 2.75) is 13.8 Å². The molecule has 0 radical (unpaired) electrons. The topological polar surface area (TPSA) is 54.0 Å². The van der Waals surface area contributed by atoms with E-state index in [2.05, 4.69) is 15.6 Å². The first-order valence-electron chi connectivity index (χ1n) is 6.37. The summed E-state index contributed by atoms with van der Waals surface area (Å²) < 4.78 is 0. The standard InChI is InChI=1S/C15H16ClN3O/c1-3-17-14-7-5-11(16)8-13(14)15(20)19-12-6-4-10(2)18-9-12/h4-9,17H,3H2,1-2H3,(H,19,20). The molecule has 0 fully saturated rings. The first kappa shape index (κ1) is 14.3. The highest BCUT2D eigenvalue weighted by atomic mass is 35.5. The molecule has 0 bridgehead atoms. The van der Waals surface area contributed by atoms with Crippen LogP contribution in [0.15, 0.2) is 36.5 Å². The molecule has 2 N–H and O–H groups in total. The van der Waals surface area contributed by atoms with Gasteiger partial charge in [-0.25, -0.2) is 0 Å². The minimum atomic E-state index is -0.214. The Kier molecular flexibility index (Phi) is 4.58. The van der Waals surface area contributed by atoms with E-state index >= 15 is 0 Å². The van der Waals surface area contributed by atoms with Crippen LogP contribution in [0.1, 0.15) is 23.0 Å². The summed E-state index contributed by atoms with van der Waals surface area (Å²) in [4.78, 5) is 16.5. The number of aryl methyl sites for hydroxylation is 1. The van der Waals surface area contributed by atoms with Crippen molar-refractivity contribution in [3.63, 3.8) is 0 Å². The molecule has 0 saturated carbocycles. The van der Waals surface area contributed by atoms with Gasteiger partial charge in [-0.05, 0) is 44.2 Å². The molecular weight excluding hydrogens is 274 g/mol. The van der Waals surface area contributed by atoms with Gasteiger partial charge in [0, 0.05) is 22.9 Å². The van der Waals surface area contributed by atoms with Gasteiger partial charge in [0.05, 0.1) is 17.4 Å². The largest absolute Gasteiger partial charge is 0.385 e. The van der Waals surface area contributed by atoms with Crippen molar-refractivity contribution >= 4 is 28.9 Å². The number of nitrogens with one attached hydrogen (secondary N) is 2. The Balaban J connectivity index is 2.23. The summed E-state index contributed by atoms with van der Waals surface area (Å²) in [5.41, 5.74) is 2.83. The highest BCUT2D eigenvalue weighted by Gasteiger charge is 2.12. The quantitative estimate of drug-likeness (QED) is 0.902. The lowest BCUT2D eigenvalue weighted by Crippen LogP contribution is -2.15. The lowest BCUT2D eigenvalue weighted by atomic mass is 10.1. The number of nitrogens with zero attached hydrogens (tertiary/aromatic N) is 1. The molecule has 0 aliphatic carbocycles. The summed E-state index contributed by atoms with van der Waals surface area (Å²) >= 11 is 5.96. The maximum atomic E-state index is 12.3. The average Bonchev–Trinajstić information content (AvgIpc) is 2.43. The molecule has 0 spiro atoms. The zero-order valence-corrected chi connectivity index (χ0v) is 12.2. The Morgan fingerprint density at radius 2 is 2.10 bits per heavy atom. The third-order valence-electron chi connectivity index (χ3n) is 2.76. The second kappa shape index (κ2) is 6.39. The maximum Gasteiger partial charge on any atom is 0.257 e. The molecule has 0 aliphatic rings. The molecule has 4 nitrogen and oxygen atoms in total. The van der Waals surface area contributed by atoms with Gasteiger partial charge in [0.1, 0.15) is 0 Å². The second-order valence-corrected chi connectivity index (χ2v) is 4.80. The van der Waals surface area contributed by atoms with Gasteiger partial charge in [-0.1, -0.05) is 11.6 Å². The van der Waals surface area contributed by atoms with Crippen LogP contribution in [-0.4, -0.2) is 17.4 Å². The van der Waals surface area contributed by atoms with Crippen LogP contribution in [0, 0.1) is 6.92 Å². The normalized spacial score (nSPS) is 10.2. The third kappa shape index (κ3) is 3.48. The van der Waals surface area contributed by atoms with Crippen LogP contribution in [0.2, 0.25) is 5.02 Å². The number of anilines is 2. The third-order valence-corrected chi connectivity index (χ3v) is 3.00. The van der Waals surface area contributed by atoms with E-state index in [9.17, 15) is 4.79 Å². The van der Waals surface area contributed by atoms with Crippen LogP contribution in [0.4, 0.5) is 11.4 Å². The van der Waals surface area contributed by atoms with Gasteiger partial charge >= 0.3 is 0 Å². The van der Waals surface area contributed by atoms with Crippen LogP contribution >= 0.6 is 11.6 Å². The number of pyridine rings is 1. The second-order valence-electron chi connectivity index (χ2n) is 4.36. The number of aromatic nitrogens is 1. The molecule has 5 heteroatoms. The van der Waals surface area contributed by atoms with E-state index in [0.29, 0.717) is 16.3 Å². The number of carbonyl (C=O) groups is 1. The van der Waals surface area contributed by atoms with Crippen molar-refractivity contribution in [2.75, 3.05) is 17.2 Å². The summed E-state index contributed by atoms with van der Waals surface area (Å²) in [7, 11) is 0. The lowest BCUT2D eigenvalue weighted by Gasteiger charge is -2.11. The molecular formula is C15H16ClN3O. The van der Waals surface area contributed by atoms with Crippen LogP contribution in [0.5, 0.6) is 0 Å². The van der Waals surface area contributed by atoms with E-state index in [1.165, 1.54) is 0 Å². The molecule has 1 aromatic heterocycles. The molecule has 0 unspecified atom stereocenters. The molecule has 1 heterocycles. The van der Waals surface area contributed by atoms with Crippen molar-refractivity contribution in [1.29, 1.82) is 0 Å². The Morgan fingerprint density at radius 1 is 1.30 bits per heavy atom. The van der Waals surface area contributed by atoms with Gasteiger partial charge in [-0.2, -0.15) is 0 Å². The van der Waals surface area contributed by atoms with Crippen LogP contribution in [0.3, 0.4) is 0 Å². The van der Waals surface area contributed by atoms with Crippen molar-refractivity contribution in [2.24, 2.45) is 0 Å². The number of hydrogen-bond acceptors (Lipinski definition) is 3. The Bertz CT molecular complexity index is 611. The SMILES string of the molecule is CCNc1ccc(Cl)cc1C(=O)Nc1ccc(C)nc1. The van der Waals surface area contributed by atoms with Gasteiger partial charge in [0.2, 0.25) is 0 Å². The monoisotopic (exact) mass is 289 g/mol. The van der Waals surface area contributed by atoms with Gasteiger partial charge in [0.25, 0.3) is 5.91 Å². The minimum Gasteiger partial charge on any atom is -0.385 e. The molecule has 20 heavy (non-hydrogen) atoms. The fourth-order valence-electron chi connectivity index (χ4n) is 1.79. The zero-order valence-electron chi connectivity index (χ0n) is 11.4. The number of carbonyl (C=O) groups excluding carboxylic acids is 1. The molecule has 2 aromatic rings. The number of rotatable bonds is 4. The summed E-state index contributed by atoms with van der Waals surface area (Å²) in [5, 5.41) is 6.48. The predicted octanol–water partition coefficient (Wildman–Crippen LogP) is 3.73. The predicted molar refractivity (Wildman–Crippen MR) is 82.5 cm³/mol. The first-order valence-corrected chi connectivity index (χ1v) is 6.75. The molecule has 1 amide bonds. The van der Waals surface area contributed by atoms with Gasteiger partial charge < -0.3 is 10.6 Å². The Hall–Kier alpha value is -2.07. The van der Waals surface area contributed by atoms with E-state index in [-0.39, 0.29) is 5.91 Å². The highest BCUT2D eigenvalue weighted by molar-refractivity contribution is 6.31.